The van der Waals surface area contributed by atoms with E-state index in [1.54, 1.807) is 23.1 Å². The SMILES string of the molecule is COc1ccc(C(c2ccc(F)cc2F)N2CCCC2C(=O)O)c(OC)c1. The molecule has 27 heavy (non-hydrogen) atoms. The molecule has 1 saturated heterocycles. The summed E-state index contributed by atoms with van der Waals surface area (Å²) in [5, 5.41) is 9.60. The van der Waals surface area contributed by atoms with Crippen LogP contribution in [0.1, 0.15) is 30.0 Å². The first kappa shape index (κ1) is 19.1. The average Bonchev–Trinajstić information content (AvgIpc) is 3.13. The van der Waals surface area contributed by atoms with Crippen LogP contribution in [0.25, 0.3) is 0 Å². The maximum Gasteiger partial charge on any atom is 0.320 e. The van der Waals surface area contributed by atoms with Crippen LogP contribution in [0, 0.1) is 11.6 Å². The molecule has 0 spiro atoms. The maximum atomic E-state index is 14.7. The normalized spacial score (nSPS) is 18.3. The van der Waals surface area contributed by atoms with Gasteiger partial charge in [0.2, 0.25) is 0 Å². The minimum Gasteiger partial charge on any atom is -0.497 e. The summed E-state index contributed by atoms with van der Waals surface area (Å²) in [6.45, 7) is 0.480. The molecular weight excluding hydrogens is 356 g/mol. The number of ether oxygens (including phenoxy) is 2. The molecule has 7 heteroatoms. The first-order valence-corrected chi connectivity index (χ1v) is 8.61. The van der Waals surface area contributed by atoms with Gasteiger partial charge in [0.1, 0.15) is 29.2 Å². The quantitative estimate of drug-likeness (QED) is 0.833. The molecule has 5 nitrogen and oxygen atoms in total. The number of hydrogen-bond acceptors (Lipinski definition) is 4. The third-order valence-corrected chi connectivity index (χ3v) is 4.90. The molecule has 0 aromatic heterocycles. The standard InChI is InChI=1S/C20H21F2NO4/c1-26-13-6-8-15(18(11-13)27-2)19(14-7-5-12(21)10-16(14)22)23-9-3-4-17(23)20(24)25/h5-8,10-11,17,19H,3-4,9H2,1-2H3,(H,24,25). The van der Waals surface area contributed by atoms with Gasteiger partial charge in [0, 0.05) is 29.8 Å². The Hall–Kier alpha value is -2.67. The van der Waals surface area contributed by atoms with E-state index in [1.807, 2.05) is 0 Å². The Morgan fingerprint density at radius 3 is 2.52 bits per heavy atom. The van der Waals surface area contributed by atoms with Gasteiger partial charge in [-0.25, -0.2) is 8.78 Å². The van der Waals surface area contributed by atoms with Gasteiger partial charge in [-0.15, -0.1) is 0 Å². The van der Waals surface area contributed by atoms with Crippen LogP contribution in [0.15, 0.2) is 36.4 Å². The highest BCUT2D eigenvalue weighted by atomic mass is 19.1. The second-order valence-electron chi connectivity index (χ2n) is 6.41. The second kappa shape index (κ2) is 7.92. The summed E-state index contributed by atoms with van der Waals surface area (Å²) in [5.41, 5.74) is 0.796. The number of nitrogens with zero attached hydrogens (tertiary/aromatic N) is 1. The van der Waals surface area contributed by atoms with Gasteiger partial charge < -0.3 is 14.6 Å². The van der Waals surface area contributed by atoms with Crippen LogP contribution in [-0.4, -0.2) is 42.8 Å². The van der Waals surface area contributed by atoms with Crippen molar-refractivity contribution >= 4 is 5.97 Å². The molecule has 1 aliphatic rings. The predicted molar refractivity (Wildman–Crippen MR) is 95.1 cm³/mol. The molecule has 0 saturated carbocycles. The van der Waals surface area contributed by atoms with Gasteiger partial charge in [0.25, 0.3) is 0 Å². The van der Waals surface area contributed by atoms with Crippen LogP contribution in [0.2, 0.25) is 0 Å². The molecule has 2 aromatic carbocycles. The fraction of sp³-hybridized carbons (Fsp3) is 0.350. The number of carboxylic acid groups (broad SMARTS) is 1. The number of halogens is 2. The summed E-state index contributed by atoms with van der Waals surface area (Å²) in [4.78, 5) is 13.5. The van der Waals surface area contributed by atoms with Gasteiger partial charge in [-0.05, 0) is 31.0 Å². The van der Waals surface area contributed by atoms with Gasteiger partial charge in [-0.2, -0.15) is 0 Å². The van der Waals surface area contributed by atoms with E-state index in [0.29, 0.717) is 36.4 Å². The van der Waals surface area contributed by atoms with Crippen LogP contribution in [0.5, 0.6) is 11.5 Å². The Morgan fingerprint density at radius 2 is 1.89 bits per heavy atom. The zero-order chi connectivity index (χ0) is 19.6. The molecule has 0 amide bonds. The number of methoxy groups -OCH3 is 2. The molecule has 2 aromatic rings. The lowest BCUT2D eigenvalue weighted by molar-refractivity contribution is -0.142. The van der Waals surface area contributed by atoms with Crippen molar-refractivity contribution in [3.8, 4) is 11.5 Å². The van der Waals surface area contributed by atoms with Crippen molar-refractivity contribution in [2.45, 2.75) is 24.9 Å². The van der Waals surface area contributed by atoms with Crippen molar-refractivity contribution in [1.29, 1.82) is 0 Å². The van der Waals surface area contributed by atoms with Crippen LogP contribution >= 0.6 is 0 Å². The number of benzene rings is 2. The topological polar surface area (TPSA) is 59.0 Å². The summed E-state index contributed by atoms with van der Waals surface area (Å²) in [6, 6.07) is 6.95. The molecular formula is C20H21F2NO4. The summed E-state index contributed by atoms with van der Waals surface area (Å²) in [7, 11) is 3.00. The highest BCUT2D eigenvalue weighted by Gasteiger charge is 2.39. The van der Waals surface area contributed by atoms with Crippen molar-refractivity contribution in [2.75, 3.05) is 20.8 Å². The average molecular weight is 377 g/mol. The van der Waals surface area contributed by atoms with Crippen molar-refractivity contribution in [2.24, 2.45) is 0 Å². The Balaban J connectivity index is 2.17. The molecule has 2 atom stereocenters. The molecule has 1 heterocycles. The Morgan fingerprint density at radius 1 is 1.15 bits per heavy atom. The first-order chi connectivity index (χ1) is 13.0. The van der Waals surface area contributed by atoms with Crippen LogP contribution in [0.3, 0.4) is 0 Å². The number of hydrogen-bond donors (Lipinski definition) is 1. The van der Waals surface area contributed by atoms with Gasteiger partial charge in [-0.3, -0.25) is 9.69 Å². The molecule has 0 aliphatic carbocycles. The van der Waals surface area contributed by atoms with Crippen LogP contribution in [-0.2, 0) is 4.79 Å². The lowest BCUT2D eigenvalue weighted by atomic mass is 9.94. The van der Waals surface area contributed by atoms with Crippen molar-refractivity contribution in [3.05, 3.63) is 59.2 Å². The minimum atomic E-state index is -0.965. The maximum absolute atomic E-state index is 14.7. The fourth-order valence-corrected chi connectivity index (χ4v) is 3.66. The first-order valence-electron chi connectivity index (χ1n) is 8.61. The highest BCUT2D eigenvalue weighted by molar-refractivity contribution is 5.74. The van der Waals surface area contributed by atoms with Gasteiger partial charge >= 0.3 is 5.97 Å². The monoisotopic (exact) mass is 377 g/mol. The van der Waals surface area contributed by atoms with Crippen LogP contribution in [0.4, 0.5) is 8.78 Å². The van der Waals surface area contributed by atoms with E-state index < -0.39 is 29.7 Å². The summed E-state index contributed by atoms with van der Waals surface area (Å²) >= 11 is 0. The Kier molecular flexibility index (Phi) is 5.60. The highest BCUT2D eigenvalue weighted by Crippen LogP contribution is 2.41. The summed E-state index contributed by atoms with van der Waals surface area (Å²) in [6.07, 6.45) is 1.14. The fourth-order valence-electron chi connectivity index (χ4n) is 3.66. The zero-order valence-electron chi connectivity index (χ0n) is 15.1. The zero-order valence-corrected chi connectivity index (χ0v) is 15.1. The Bertz CT molecular complexity index is 843. The summed E-state index contributed by atoms with van der Waals surface area (Å²) in [5.74, 6) is -1.38. The number of aliphatic carboxylic acids is 1. The van der Waals surface area contributed by atoms with E-state index in [4.69, 9.17) is 9.47 Å². The van der Waals surface area contributed by atoms with E-state index in [2.05, 4.69) is 0 Å². The van der Waals surface area contributed by atoms with Crippen LogP contribution < -0.4 is 9.47 Å². The van der Waals surface area contributed by atoms with E-state index in [0.717, 1.165) is 6.07 Å². The van der Waals surface area contributed by atoms with Crippen molar-refractivity contribution in [3.63, 3.8) is 0 Å². The molecule has 1 aliphatic heterocycles. The molecule has 0 radical (unpaired) electrons. The number of rotatable bonds is 6. The molecule has 1 N–H and O–H groups in total. The molecule has 1 fully saturated rings. The third kappa shape index (κ3) is 3.73. The van der Waals surface area contributed by atoms with E-state index in [-0.39, 0.29) is 5.56 Å². The van der Waals surface area contributed by atoms with Gasteiger partial charge in [0.05, 0.1) is 20.3 Å². The molecule has 2 unspecified atom stereocenters. The number of carboxylic acids is 1. The summed E-state index contributed by atoms with van der Waals surface area (Å²) < 4.78 is 38.8. The lowest BCUT2D eigenvalue weighted by Crippen LogP contribution is -2.39. The van der Waals surface area contributed by atoms with E-state index in [9.17, 15) is 18.7 Å². The predicted octanol–water partition coefficient (Wildman–Crippen LogP) is 3.62. The van der Waals surface area contributed by atoms with E-state index in [1.165, 1.54) is 26.4 Å². The Labute approximate surface area is 156 Å². The second-order valence-corrected chi connectivity index (χ2v) is 6.41. The number of carbonyl (C=O) groups is 1. The van der Waals surface area contributed by atoms with E-state index >= 15 is 0 Å². The third-order valence-electron chi connectivity index (χ3n) is 4.90. The lowest BCUT2D eigenvalue weighted by Gasteiger charge is -2.33. The number of likely N-dealkylation sites (tertiary alicyclic amines) is 1. The van der Waals surface area contributed by atoms with Crippen molar-refractivity contribution < 1.29 is 28.2 Å². The van der Waals surface area contributed by atoms with Crippen molar-refractivity contribution in [1.82, 2.24) is 4.90 Å². The van der Waals surface area contributed by atoms with Gasteiger partial charge in [0.15, 0.2) is 0 Å². The van der Waals surface area contributed by atoms with Gasteiger partial charge in [-0.1, -0.05) is 6.07 Å². The molecule has 144 valence electrons. The molecule has 3 rings (SSSR count). The minimum absolute atomic E-state index is 0.202. The smallest absolute Gasteiger partial charge is 0.320 e. The largest absolute Gasteiger partial charge is 0.497 e. The molecule has 0 bridgehead atoms.